The summed E-state index contributed by atoms with van der Waals surface area (Å²) >= 11 is 6.17. The normalized spacial score (nSPS) is 16.7. The van der Waals surface area contributed by atoms with Crippen LogP contribution in [0.4, 0.5) is 0 Å². The Balaban J connectivity index is 1.91. The van der Waals surface area contributed by atoms with E-state index in [1.54, 1.807) is 13.2 Å². The summed E-state index contributed by atoms with van der Waals surface area (Å²) in [4.78, 5) is 14.6. The first-order chi connectivity index (χ1) is 10.1. The first-order valence-corrected chi connectivity index (χ1v) is 7.85. The second kappa shape index (κ2) is 7.66. The molecule has 1 saturated heterocycles. The van der Waals surface area contributed by atoms with E-state index in [9.17, 15) is 4.79 Å². The molecule has 0 radical (unpaired) electrons. The molecule has 5 heteroatoms. The molecule has 4 nitrogen and oxygen atoms in total. The highest BCUT2D eigenvalue weighted by Crippen LogP contribution is 2.26. The fraction of sp³-hybridized carbons (Fsp3) is 0.562. The molecule has 1 aliphatic heterocycles. The highest BCUT2D eigenvalue weighted by Gasteiger charge is 2.20. The Kier molecular flexibility index (Phi) is 5.88. The summed E-state index contributed by atoms with van der Waals surface area (Å²) in [5, 5.41) is 3.69. The van der Waals surface area contributed by atoms with Gasteiger partial charge in [-0.2, -0.15) is 0 Å². The Hall–Kier alpha value is -1.26. The van der Waals surface area contributed by atoms with Crippen LogP contribution < -0.4 is 10.1 Å². The summed E-state index contributed by atoms with van der Waals surface area (Å²) in [7, 11) is 1.59. The molecule has 0 saturated carbocycles. The van der Waals surface area contributed by atoms with Gasteiger partial charge >= 0.3 is 0 Å². The van der Waals surface area contributed by atoms with Gasteiger partial charge in [-0.1, -0.05) is 24.6 Å². The Morgan fingerprint density at radius 1 is 1.43 bits per heavy atom. The minimum Gasteiger partial charge on any atom is -0.496 e. The minimum atomic E-state index is 0.0105. The van der Waals surface area contributed by atoms with Crippen LogP contribution >= 0.6 is 11.6 Å². The highest BCUT2D eigenvalue weighted by atomic mass is 35.5. The van der Waals surface area contributed by atoms with E-state index in [1.165, 1.54) is 0 Å². The number of likely N-dealkylation sites (tertiary alicyclic amines) is 1. The maximum Gasteiger partial charge on any atom is 0.224 e. The predicted molar refractivity (Wildman–Crippen MR) is 85.0 cm³/mol. The van der Waals surface area contributed by atoms with Crippen LogP contribution in [-0.4, -0.2) is 43.6 Å². The smallest absolute Gasteiger partial charge is 0.224 e. The van der Waals surface area contributed by atoms with Gasteiger partial charge in [0.2, 0.25) is 5.91 Å². The molecule has 1 aromatic carbocycles. The molecule has 1 N–H and O–H groups in total. The minimum absolute atomic E-state index is 0.0105. The molecule has 116 valence electrons. The fourth-order valence-corrected chi connectivity index (χ4v) is 2.97. The number of hydrogen-bond acceptors (Lipinski definition) is 3. The summed E-state index contributed by atoms with van der Waals surface area (Å²) in [6.45, 7) is 5.35. The van der Waals surface area contributed by atoms with Gasteiger partial charge in [0.15, 0.2) is 0 Å². The average molecular weight is 311 g/mol. The molecule has 1 aromatic rings. The van der Waals surface area contributed by atoms with Crippen molar-refractivity contribution in [1.29, 1.82) is 0 Å². The van der Waals surface area contributed by atoms with Crippen LogP contribution in [-0.2, 0) is 11.2 Å². The van der Waals surface area contributed by atoms with E-state index in [0.717, 1.165) is 38.0 Å². The van der Waals surface area contributed by atoms with Gasteiger partial charge < -0.3 is 15.0 Å². The van der Waals surface area contributed by atoms with Crippen molar-refractivity contribution in [2.75, 3.05) is 26.7 Å². The van der Waals surface area contributed by atoms with E-state index >= 15 is 0 Å². The van der Waals surface area contributed by atoms with E-state index in [4.69, 9.17) is 16.3 Å². The van der Waals surface area contributed by atoms with Gasteiger partial charge in [-0.3, -0.25) is 4.79 Å². The quantitative estimate of drug-likeness (QED) is 0.908. The predicted octanol–water partition coefficient (Wildman–Crippen LogP) is 2.49. The van der Waals surface area contributed by atoms with Crippen molar-refractivity contribution in [3.05, 3.63) is 28.8 Å². The second-order valence-corrected chi connectivity index (χ2v) is 5.78. The Morgan fingerprint density at radius 2 is 2.14 bits per heavy atom. The van der Waals surface area contributed by atoms with E-state index in [1.807, 2.05) is 12.1 Å². The van der Waals surface area contributed by atoms with Gasteiger partial charge in [-0.15, -0.1) is 0 Å². The maximum atomic E-state index is 12.2. The molecule has 0 unspecified atom stereocenters. The lowest BCUT2D eigenvalue weighted by molar-refractivity contribution is -0.121. The molecular weight excluding hydrogens is 288 g/mol. The summed E-state index contributed by atoms with van der Waals surface area (Å²) in [5.74, 6) is 0.676. The van der Waals surface area contributed by atoms with Crippen molar-refractivity contribution in [3.8, 4) is 5.75 Å². The number of carbonyl (C=O) groups excluding carboxylic acids is 1. The number of halogens is 1. The molecule has 0 aromatic heterocycles. The number of piperidine rings is 1. The number of nitrogens with zero attached hydrogens (tertiary/aromatic N) is 1. The van der Waals surface area contributed by atoms with Crippen molar-refractivity contribution < 1.29 is 9.53 Å². The topological polar surface area (TPSA) is 41.6 Å². The number of ether oxygens (including phenoxy) is 1. The Labute approximate surface area is 131 Å². The van der Waals surface area contributed by atoms with Crippen molar-refractivity contribution >= 4 is 17.5 Å². The highest BCUT2D eigenvalue weighted by molar-refractivity contribution is 6.31. The number of carbonyl (C=O) groups is 1. The molecule has 21 heavy (non-hydrogen) atoms. The lowest BCUT2D eigenvalue weighted by Gasteiger charge is -2.31. The van der Waals surface area contributed by atoms with Gasteiger partial charge in [0.1, 0.15) is 5.75 Å². The van der Waals surface area contributed by atoms with E-state index in [0.29, 0.717) is 10.8 Å². The standard InChI is InChI=1S/C16H23ClN2O2/c1-3-19-9-7-12(8-10-19)18-16(20)11-13-14(17)5-4-6-15(13)21-2/h4-6,12H,3,7-11H2,1-2H3,(H,18,20). The molecule has 1 amide bonds. The molecule has 0 aliphatic carbocycles. The van der Waals surface area contributed by atoms with Crippen LogP contribution in [0.5, 0.6) is 5.75 Å². The lowest BCUT2D eigenvalue weighted by atomic mass is 10.0. The summed E-state index contributed by atoms with van der Waals surface area (Å²) in [6.07, 6.45) is 2.29. The lowest BCUT2D eigenvalue weighted by Crippen LogP contribution is -2.44. The van der Waals surface area contributed by atoms with Crippen molar-refractivity contribution in [2.24, 2.45) is 0 Å². The van der Waals surface area contributed by atoms with Crippen LogP contribution in [0, 0.1) is 0 Å². The van der Waals surface area contributed by atoms with Gasteiger partial charge in [0.25, 0.3) is 0 Å². The summed E-state index contributed by atoms with van der Waals surface area (Å²) in [6, 6.07) is 5.71. The van der Waals surface area contributed by atoms with Crippen LogP contribution in [0.25, 0.3) is 0 Å². The van der Waals surface area contributed by atoms with Gasteiger partial charge in [0, 0.05) is 29.7 Å². The molecule has 0 bridgehead atoms. The van der Waals surface area contributed by atoms with Crippen molar-refractivity contribution in [2.45, 2.75) is 32.2 Å². The number of methoxy groups -OCH3 is 1. The van der Waals surface area contributed by atoms with E-state index in [-0.39, 0.29) is 18.4 Å². The number of benzene rings is 1. The summed E-state index contributed by atoms with van der Waals surface area (Å²) < 4.78 is 5.27. The largest absolute Gasteiger partial charge is 0.496 e. The van der Waals surface area contributed by atoms with Crippen LogP contribution in [0.2, 0.25) is 5.02 Å². The zero-order valence-corrected chi connectivity index (χ0v) is 13.4. The number of hydrogen-bond donors (Lipinski definition) is 1. The van der Waals surface area contributed by atoms with Crippen molar-refractivity contribution in [3.63, 3.8) is 0 Å². The van der Waals surface area contributed by atoms with Gasteiger partial charge in [-0.05, 0) is 31.5 Å². The molecule has 1 fully saturated rings. The van der Waals surface area contributed by atoms with Gasteiger partial charge in [-0.25, -0.2) is 0 Å². The maximum absolute atomic E-state index is 12.2. The average Bonchev–Trinajstić information content (AvgIpc) is 2.50. The second-order valence-electron chi connectivity index (χ2n) is 5.37. The third-order valence-corrected chi connectivity index (χ3v) is 4.39. The number of amides is 1. The summed E-state index contributed by atoms with van der Waals surface area (Å²) in [5.41, 5.74) is 0.755. The zero-order valence-electron chi connectivity index (χ0n) is 12.7. The third kappa shape index (κ3) is 4.35. The zero-order chi connectivity index (χ0) is 15.2. The van der Waals surface area contributed by atoms with E-state index < -0.39 is 0 Å². The molecule has 2 rings (SSSR count). The molecular formula is C16H23ClN2O2. The number of rotatable bonds is 5. The fourth-order valence-electron chi connectivity index (χ4n) is 2.73. The molecule has 1 heterocycles. The third-order valence-electron chi connectivity index (χ3n) is 4.03. The van der Waals surface area contributed by atoms with Crippen LogP contribution in [0.1, 0.15) is 25.3 Å². The Morgan fingerprint density at radius 3 is 2.76 bits per heavy atom. The van der Waals surface area contributed by atoms with E-state index in [2.05, 4.69) is 17.1 Å². The van der Waals surface area contributed by atoms with Crippen LogP contribution in [0.15, 0.2) is 18.2 Å². The van der Waals surface area contributed by atoms with Gasteiger partial charge in [0.05, 0.1) is 13.5 Å². The molecule has 1 aliphatic rings. The molecule has 0 atom stereocenters. The Bertz CT molecular complexity index is 485. The SMILES string of the molecule is CCN1CCC(NC(=O)Cc2c(Cl)cccc2OC)CC1. The van der Waals surface area contributed by atoms with Crippen LogP contribution in [0.3, 0.4) is 0 Å². The first kappa shape index (κ1) is 16.1. The monoisotopic (exact) mass is 310 g/mol. The first-order valence-electron chi connectivity index (χ1n) is 7.47. The number of nitrogens with one attached hydrogen (secondary N) is 1. The van der Waals surface area contributed by atoms with Crippen molar-refractivity contribution in [1.82, 2.24) is 10.2 Å². The molecule has 0 spiro atoms.